The van der Waals surface area contributed by atoms with Gasteiger partial charge in [-0.15, -0.1) is 0 Å². The summed E-state index contributed by atoms with van der Waals surface area (Å²) in [4.78, 5) is 45.5. The number of nitrogens with one attached hydrogen (secondary N) is 2. The van der Waals surface area contributed by atoms with Gasteiger partial charge in [0.1, 0.15) is 28.9 Å². The lowest BCUT2D eigenvalue weighted by molar-refractivity contribution is 0.102. The zero-order valence-corrected chi connectivity index (χ0v) is 41.5. The number of aromatic nitrogens is 1. The van der Waals surface area contributed by atoms with Crippen molar-refractivity contribution in [3.8, 4) is 22.6 Å². The molecule has 8 aromatic carbocycles. The van der Waals surface area contributed by atoms with E-state index in [1.54, 1.807) is 48.5 Å². The Labute approximate surface area is 411 Å². The van der Waals surface area contributed by atoms with Crippen molar-refractivity contribution in [2.75, 3.05) is 11.5 Å². The number of ether oxygens (including phenoxy) is 1. The van der Waals surface area contributed by atoms with E-state index < -0.39 is 18.6 Å². The summed E-state index contributed by atoms with van der Waals surface area (Å²) >= 11 is 0. The van der Waals surface area contributed by atoms with Crippen molar-refractivity contribution in [2.24, 2.45) is 5.41 Å². The Morgan fingerprint density at radius 1 is 0.586 bits per heavy atom. The average Bonchev–Trinajstić information content (AvgIpc) is 3.37. The van der Waals surface area contributed by atoms with E-state index in [-0.39, 0.29) is 22.2 Å². The standard InChI is InChI=1S/C43H38N2O4.C20H20P/c1-42(2,3)25-43(4,5)27-20-22-29(23-21-27)49-33-24-32(44-28-16-10-7-11-17-28)35-36-34(30-18-12-13-19-31(30)40(35)47)37(41(48)45-38(33)36)39(46)26-14-8-6-9-15-26;1-2-21(18-12-6-3-7-13-18,19-14-8-4-9-15-19)20-16-10-5-11-17-20/h6-24,44H,25H2,1-5H3,(H,45,48);3-17H,2H2,1H3/q;+1. The highest BCUT2D eigenvalue weighted by molar-refractivity contribution is 7.95. The number of carbonyl (C=O) groups excluding carboxylic acids is 2. The number of para-hydroxylation sites is 1. The molecule has 0 aliphatic heterocycles. The Hall–Kier alpha value is -7.66. The Balaban J connectivity index is 0.000000241. The summed E-state index contributed by atoms with van der Waals surface area (Å²) in [6.45, 7) is 13.5. The third-order valence-electron chi connectivity index (χ3n) is 13.1. The molecule has 10 rings (SSSR count). The van der Waals surface area contributed by atoms with Crippen molar-refractivity contribution >= 4 is 57.0 Å². The smallest absolute Gasteiger partial charge is 0.260 e. The van der Waals surface area contributed by atoms with Gasteiger partial charge < -0.3 is 15.0 Å². The van der Waals surface area contributed by atoms with Crippen LogP contribution in [-0.4, -0.2) is 22.7 Å². The minimum atomic E-state index is -1.53. The summed E-state index contributed by atoms with van der Waals surface area (Å²) in [5, 5.41) is 8.28. The van der Waals surface area contributed by atoms with Crippen LogP contribution in [0.4, 0.5) is 11.4 Å². The molecular weight excluding hydrogens is 880 g/mol. The lowest BCUT2D eigenvalue weighted by atomic mass is 9.72. The van der Waals surface area contributed by atoms with Gasteiger partial charge in [0.2, 0.25) is 0 Å². The van der Waals surface area contributed by atoms with Gasteiger partial charge in [0.25, 0.3) is 5.56 Å². The van der Waals surface area contributed by atoms with Crippen molar-refractivity contribution in [3.05, 3.63) is 244 Å². The van der Waals surface area contributed by atoms with E-state index in [0.29, 0.717) is 55.9 Å². The molecule has 6 nitrogen and oxygen atoms in total. The van der Waals surface area contributed by atoms with Crippen molar-refractivity contribution in [1.29, 1.82) is 0 Å². The number of fused-ring (bicyclic) bond motifs is 2. The number of anilines is 2. The van der Waals surface area contributed by atoms with E-state index in [1.165, 1.54) is 21.5 Å². The molecule has 0 saturated heterocycles. The van der Waals surface area contributed by atoms with E-state index in [2.05, 4.69) is 155 Å². The fourth-order valence-electron chi connectivity index (χ4n) is 10.4. The third kappa shape index (κ3) is 9.40. The zero-order valence-electron chi connectivity index (χ0n) is 40.6. The second-order valence-electron chi connectivity index (χ2n) is 19.7. The number of H-pyrrole nitrogens is 1. The van der Waals surface area contributed by atoms with E-state index >= 15 is 0 Å². The Morgan fingerprint density at radius 3 is 1.59 bits per heavy atom. The first-order valence-electron chi connectivity index (χ1n) is 24.0. The molecule has 0 atom stereocenters. The predicted molar refractivity (Wildman–Crippen MR) is 292 cm³/mol. The summed E-state index contributed by atoms with van der Waals surface area (Å²) in [5.41, 5.74) is 4.45. The van der Waals surface area contributed by atoms with Gasteiger partial charge in [0.05, 0.1) is 28.5 Å². The number of hydrogen-bond acceptors (Lipinski definition) is 5. The Bertz CT molecular complexity index is 3270. The topological polar surface area (TPSA) is 88.3 Å². The maximum absolute atomic E-state index is 14.4. The quantitative estimate of drug-likeness (QED) is 0.0941. The second-order valence-corrected chi connectivity index (χ2v) is 23.5. The summed E-state index contributed by atoms with van der Waals surface area (Å²) in [7, 11) is -1.53. The fraction of sp³-hybridized carbons (Fsp3) is 0.159. The van der Waals surface area contributed by atoms with Crippen LogP contribution >= 0.6 is 7.26 Å². The number of rotatable bonds is 12. The maximum Gasteiger partial charge on any atom is 0.260 e. The summed E-state index contributed by atoms with van der Waals surface area (Å²) in [6, 6.07) is 68.2. The molecule has 1 aliphatic rings. The normalized spacial score (nSPS) is 12.1. The van der Waals surface area contributed by atoms with Crippen molar-refractivity contribution < 1.29 is 14.3 Å². The first kappa shape index (κ1) is 47.4. The highest BCUT2D eigenvalue weighted by Gasteiger charge is 2.43. The maximum atomic E-state index is 14.4. The molecule has 1 heterocycles. The molecule has 70 heavy (non-hydrogen) atoms. The van der Waals surface area contributed by atoms with Gasteiger partial charge >= 0.3 is 0 Å². The Kier molecular flexibility index (Phi) is 13.4. The van der Waals surface area contributed by atoms with E-state index in [0.717, 1.165) is 18.3 Å². The SMILES string of the molecule is CC(C)(C)CC(C)(C)c1ccc(Oc2cc(Nc3ccccc3)c3c4c(c(C(=O)c5ccccc5)c(=O)[nH]c24)-c2ccccc2C3=O)cc1.CC[P+](c1ccccc1)(c1ccccc1)c1ccccc1. The van der Waals surface area contributed by atoms with Gasteiger partial charge in [-0.05, 0) is 96.0 Å². The van der Waals surface area contributed by atoms with Crippen LogP contribution in [0.1, 0.15) is 85.4 Å². The Morgan fingerprint density at radius 2 is 1.07 bits per heavy atom. The van der Waals surface area contributed by atoms with Gasteiger partial charge in [0.15, 0.2) is 17.3 Å². The van der Waals surface area contributed by atoms with Crippen LogP contribution in [0.15, 0.2) is 211 Å². The largest absolute Gasteiger partial charge is 0.455 e. The molecule has 0 bridgehead atoms. The zero-order chi connectivity index (χ0) is 49.0. The van der Waals surface area contributed by atoms with E-state index in [9.17, 15) is 14.4 Å². The second kappa shape index (κ2) is 19.7. The molecule has 0 unspecified atom stereocenters. The number of carbonyl (C=O) groups is 2. The minimum Gasteiger partial charge on any atom is -0.455 e. The van der Waals surface area contributed by atoms with Crippen LogP contribution in [0.2, 0.25) is 0 Å². The van der Waals surface area contributed by atoms with E-state index in [1.807, 2.05) is 54.6 Å². The van der Waals surface area contributed by atoms with Gasteiger partial charge in [-0.25, -0.2) is 0 Å². The van der Waals surface area contributed by atoms with Crippen molar-refractivity contribution in [3.63, 3.8) is 0 Å². The molecule has 9 aromatic rings. The molecule has 0 saturated carbocycles. The molecular formula is C63H58N2O4P+. The molecule has 7 heteroatoms. The summed E-state index contributed by atoms with van der Waals surface area (Å²) in [5.74, 6) is 0.286. The van der Waals surface area contributed by atoms with Gasteiger partial charge in [-0.1, -0.05) is 174 Å². The lowest BCUT2D eigenvalue weighted by Crippen LogP contribution is -2.32. The van der Waals surface area contributed by atoms with Crippen LogP contribution in [0.3, 0.4) is 0 Å². The van der Waals surface area contributed by atoms with Crippen LogP contribution in [-0.2, 0) is 5.41 Å². The van der Waals surface area contributed by atoms with Crippen LogP contribution in [0.5, 0.6) is 11.5 Å². The minimum absolute atomic E-state index is 0.0202. The molecule has 0 radical (unpaired) electrons. The molecule has 1 aromatic heterocycles. The van der Waals surface area contributed by atoms with Gasteiger partial charge in [0, 0.05) is 33.8 Å². The molecule has 2 N–H and O–H groups in total. The third-order valence-corrected chi connectivity index (χ3v) is 17.6. The van der Waals surface area contributed by atoms with Crippen molar-refractivity contribution in [1.82, 2.24) is 4.98 Å². The number of ketones is 2. The fourth-order valence-corrected chi connectivity index (χ4v) is 14.4. The molecule has 0 amide bonds. The number of hydrogen-bond donors (Lipinski definition) is 2. The molecule has 0 fully saturated rings. The van der Waals surface area contributed by atoms with E-state index in [4.69, 9.17) is 4.74 Å². The lowest BCUT2D eigenvalue weighted by Gasteiger charge is -2.33. The summed E-state index contributed by atoms with van der Waals surface area (Å²) in [6.07, 6.45) is 2.15. The van der Waals surface area contributed by atoms with Gasteiger partial charge in [-0.2, -0.15) is 0 Å². The molecule has 1 aliphatic carbocycles. The van der Waals surface area contributed by atoms with Gasteiger partial charge in [-0.3, -0.25) is 14.4 Å². The molecule has 348 valence electrons. The van der Waals surface area contributed by atoms with Crippen LogP contribution < -0.4 is 31.5 Å². The summed E-state index contributed by atoms with van der Waals surface area (Å²) < 4.78 is 6.57. The van der Waals surface area contributed by atoms with Crippen LogP contribution in [0.25, 0.3) is 22.0 Å². The first-order chi connectivity index (χ1) is 33.8. The number of aromatic amines is 1. The molecule has 0 spiro atoms. The predicted octanol–water partition coefficient (Wildman–Crippen LogP) is 14.2. The first-order valence-corrected chi connectivity index (χ1v) is 25.9. The average molecular weight is 938 g/mol. The highest BCUT2D eigenvalue weighted by Crippen LogP contribution is 2.55. The van der Waals surface area contributed by atoms with Crippen LogP contribution in [0, 0.1) is 5.41 Å². The number of benzene rings is 8. The highest BCUT2D eigenvalue weighted by atomic mass is 31.2. The monoisotopic (exact) mass is 937 g/mol. The number of pyridine rings is 1. The van der Waals surface area contributed by atoms with Crippen molar-refractivity contribution in [2.45, 2.75) is 53.4 Å².